The Morgan fingerprint density at radius 3 is 2.64 bits per heavy atom. The van der Waals surface area contributed by atoms with Gasteiger partial charge >= 0.3 is 0 Å². The van der Waals surface area contributed by atoms with Crippen molar-refractivity contribution in [1.29, 1.82) is 0 Å². The van der Waals surface area contributed by atoms with Gasteiger partial charge < -0.3 is 0 Å². The summed E-state index contributed by atoms with van der Waals surface area (Å²) in [6.07, 6.45) is 0. The summed E-state index contributed by atoms with van der Waals surface area (Å²) in [5.41, 5.74) is 1.94. The second-order valence-corrected chi connectivity index (χ2v) is 4.59. The molecule has 0 aliphatic rings. The van der Waals surface area contributed by atoms with E-state index in [1.165, 1.54) is 17.0 Å². The highest BCUT2D eigenvalue weighted by Crippen LogP contribution is 2.31. The van der Waals surface area contributed by atoms with Crippen LogP contribution in [-0.4, -0.2) is 0 Å². The monoisotopic (exact) mass is 226 g/mol. The average Bonchev–Trinajstić information content (AvgIpc) is 2.51. The Balaban J connectivity index is 2.52. The third-order valence-electron chi connectivity index (χ3n) is 1.97. The molecule has 14 heavy (non-hydrogen) atoms. The van der Waals surface area contributed by atoms with Gasteiger partial charge in [-0.05, 0) is 42.1 Å². The van der Waals surface area contributed by atoms with Gasteiger partial charge in [-0.25, -0.2) is 4.39 Å². The SMILES string of the molecule is Cc1cc(-c2ccc(F)cc2Cl)cs1. The minimum absolute atomic E-state index is 0.300. The van der Waals surface area contributed by atoms with Crippen molar-refractivity contribution in [3.8, 4) is 11.1 Å². The van der Waals surface area contributed by atoms with E-state index in [1.807, 2.05) is 18.4 Å². The lowest BCUT2D eigenvalue weighted by Crippen LogP contribution is -1.78. The van der Waals surface area contributed by atoms with E-state index in [0.717, 1.165) is 11.1 Å². The molecular formula is C11H8ClFS. The summed E-state index contributed by atoms with van der Waals surface area (Å²) in [5.74, 6) is -0.300. The molecule has 1 heterocycles. The first-order chi connectivity index (χ1) is 6.66. The number of halogens is 2. The Labute approximate surface area is 91.0 Å². The van der Waals surface area contributed by atoms with Crippen LogP contribution in [0.2, 0.25) is 5.02 Å². The number of rotatable bonds is 1. The summed E-state index contributed by atoms with van der Waals surface area (Å²) in [7, 11) is 0. The average molecular weight is 227 g/mol. The highest BCUT2D eigenvalue weighted by Gasteiger charge is 2.05. The van der Waals surface area contributed by atoms with Crippen molar-refractivity contribution in [2.24, 2.45) is 0 Å². The maximum atomic E-state index is 12.8. The van der Waals surface area contributed by atoms with Crippen molar-refractivity contribution in [2.75, 3.05) is 0 Å². The Morgan fingerprint density at radius 1 is 1.29 bits per heavy atom. The fourth-order valence-electron chi connectivity index (χ4n) is 1.31. The number of aryl methyl sites for hydroxylation is 1. The summed E-state index contributed by atoms with van der Waals surface area (Å²) >= 11 is 7.60. The molecule has 3 heteroatoms. The summed E-state index contributed by atoms with van der Waals surface area (Å²) in [5, 5.41) is 2.48. The molecule has 0 aliphatic carbocycles. The standard InChI is InChI=1S/C11H8ClFS/c1-7-4-8(6-14-7)10-3-2-9(13)5-11(10)12/h2-6H,1H3. The third-order valence-corrected chi connectivity index (χ3v) is 3.15. The van der Waals surface area contributed by atoms with E-state index in [0.29, 0.717) is 5.02 Å². The lowest BCUT2D eigenvalue weighted by molar-refractivity contribution is 0.628. The van der Waals surface area contributed by atoms with Crippen LogP contribution in [0.5, 0.6) is 0 Å². The van der Waals surface area contributed by atoms with Gasteiger partial charge in [0.2, 0.25) is 0 Å². The first kappa shape index (κ1) is 9.69. The molecule has 0 amide bonds. The van der Waals surface area contributed by atoms with Crippen molar-refractivity contribution >= 4 is 22.9 Å². The first-order valence-electron chi connectivity index (χ1n) is 4.17. The molecule has 0 unspecified atom stereocenters. The van der Waals surface area contributed by atoms with E-state index < -0.39 is 0 Å². The van der Waals surface area contributed by atoms with Crippen LogP contribution in [-0.2, 0) is 0 Å². The summed E-state index contributed by atoms with van der Waals surface area (Å²) in [6.45, 7) is 2.03. The molecule has 0 fully saturated rings. The molecule has 2 aromatic rings. The van der Waals surface area contributed by atoms with Crippen molar-refractivity contribution in [2.45, 2.75) is 6.92 Å². The molecule has 1 aromatic carbocycles. The fourth-order valence-corrected chi connectivity index (χ4v) is 2.29. The van der Waals surface area contributed by atoms with Gasteiger partial charge in [0.25, 0.3) is 0 Å². The van der Waals surface area contributed by atoms with Crippen LogP contribution in [0.3, 0.4) is 0 Å². The van der Waals surface area contributed by atoms with Gasteiger partial charge in [-0.3, -0.25) is 0 Å². The third kappa shape index (κ3) is 1.81. The second kappa shape index (κ2) is 3.71. The predicted molar refractivity (Wildman–Crippen MR) is 59.5 cm³/mol. The Morgan fingerprint density at radius 2 is 2.07 bits per heavy atom. The molecule has 2 rings (SSSR count). The molecule has 0 atom stereocenters. The van der Waals surface area contributed by atoms with E-state index in [9.17, 15) is 4.39 Å². The predicted octanol–water partition coefficient (Wildman–Crippen LogP) is 4.52. The molecule has 0 radical (unpaired) electrons. The van der Waals surface area contributed by atoms with Crippen molar-refractivity contribution in [3.63, 3.8) is 0 Å². The van der Waals surface area contributed by atoms with Gasteiger partial charge in [-0.15, -0.1) is 11.3 Å². The van der Waals surface area contributed by atoms with Crippen LogP contribution in [0.1, 0.15) is 4.88 Å². The zero-order valence-electron chi connectivity index (χ0n) is 7.55. The van der Waals surface area contributed by atoms with Crippen molar-refractivity contribution in [3.05, 3.63) is 45.4 Å². The molecule has 0 saturated carbocycles. The smallest absolute Gasteiger partial charge is 0.124 e. The number of thiophene rings is 1. The number of benzene rings is 1. The highest BCUT2D eigenvalue weighted by atomic mass is 35.5. The van der Waals surface area contributed by atoms with E-state index in [1.54, 1.807) is 17.4 Å². The molecule has 0 bridgehead atoms. The molecule has 0 aliphatic heterocycles. The molecular weight excluding hydrogens is 219 g/mol. The van der Waals surface area contributed by atoms with Crippen LogP contribution in [0.25, 0.3) is 11.1 Å². The Bertz CT molecular complexity index is 462. The van der Waals surface area contributed by atoms with Gasteiger partial charge in [0.1, 0.15) is 5.82 Å². The molecule has 0 saturated heterocycles. The summed E-state index contributed by atoms with van der Waals surface area (Å²) < 4.78 is 12.8. The Kier molecular flexibility index (Phi) is 2.57. The van der Waals surface area contributed by atoms with Gasteiger partial charge in [-0.1, -0.05) is 11.6 Å². The van der Waals surface area contributed by atoms with E-state index in [-0.39, 0.29) is 5.82 Å². The Hall–Kier alpha value is -0.860. The highest BCUT2D eigenvalue weighted by molar-refractivity contribution is 7.10. The van der Waals surface area contributed by atoms with Crippen molar-refractivity contribution < 1.29 is 4.39 Å². The second-order valence-electron chi connectivity index (χ2n) is 3.07. The maximum Gasteiger partial charge on any atom is 0.124 e. The fraction of sp³-hybridized carbons (Fsp3) is 0.0909. The van der Waals surface area contributed by atoms with E-state index >= 15 is 0 Å². The minimum Gasteiger partial charge on any atom is -0.207 e. The van der Waals surface area contributed by atoms with Crippen molar-refractivity contribution in [1.82, 2.24) is 0 Å². The van der Waals surface area contributed by atoms with Gasteiger partial charge in [0.05, 0.1) is 5.02 Å². The van der Waals surface area contributed by atoms with Crippen LogP contribution >= 0.6 is 22.9 Å². The number of hydrogen-bond donors (Lipinski definition) is 0. The zero-order valence-corrected chi connectivity index (χ0v) is 9.12. The first-order valence-corrected chi connectivity index (χ1v) is 5.43. The van der Waals surface area contributed by atoms with Gasteiger partial charge in [0.15, 0.2) is 0 Å². The molecule has 1 aromatic heterocycles. The normalized spacial score (nSPS) is 10.5. The minimum atomic E-state index is -0.300. The quantitative estimate of drug-likeness (QED) is 0.671. The maximum absolute atomic E-state index is 12.8. The van der Waals surface area contributed by atoms with E-state index in [2.05, 4.69) is 0 Å². The largest absolute Gasteiger partial charge is 0.207 e. The van der Waals surface area contributed by atoms with Crippen LogP contribution in [0.4, 0.5) is 4.39 Å². The van der Waals surface area contributed by atoms with E-state index in [4.69, 9.17) is 11.6 Å². The zero-order chi connectivity index (χ0) is 10.1. The molecule has 72 valence electrons. The molecule has 0 nitrogen and oxygen atoms in total. The van der Waals surface area contributed by atoms with Crippen LogP contribution in [0, 0.1) is 12.7 Å². The topological polar surface area (TPSA) is 0 Å². The number of hydrogen-bond acceptors (Lipinski definition) is 1. The van der Waals surface area contributed by atoms with Crippen LogP contribution in [0.15, 0.2) is 29.6 Å². The summed E-state index contributed by atoms with van der Waals surface area (Å²) in [4.78, 5) is 1.22. The lowest BCUT2D eigenvalue weighted by atomic mass is 10.1. The lowest BCUT2D eigenvalue weighted by Gasteiger charge is -2.00. The molecule has 0 N–H and O–H groups in total. The van der Waals surface area contributed by atoms with Gasteiger partial charge in [0, 0.05) is 10.4 Å². The van der Waals surface area contributed by atoms with Crippen LogP contribution < -0.4 is 0 Å². The van der Waals surface area contributed by atoms with Gasteiger partial charge in [-0.2, -0.15) is 0 Å². The molecule has 0 spiro atoms. The summed E-state index contributed by atoms with van der Waals surface area (Å²) in [6, 6.07) is 6.51.